The number of aromatic nitrogens is 1. The quantitative estimate of drug-likeness (QED) is 0.656. The van der Waals surface area contributed by atoms with Crippen LogP contribution in [0.2, 0.25) is 5.02 Å². The van der Waals surface area contributed by atoms with Gasteiger partial charge in [-0.3, -0.25) is 0 Å². The molecular formula is C11H13ClN2O3. The summed E-state index contributed by atoms with van der Waals surface area (Å²) in [6.45, 7) is 1.34. The highest BCUT2D eigenvalue weighted by molar-refractivity contribution is 6.33. The van der Waals surface area contributed by atoms with E-state index in [0.29, 0.717) is 47.5 Å². The minimum atomic E-state index is 0.301. The molecule has 0 radical (unpaired) electrons. The number of methoxy groups -OCH3 is 1. The molecule has 92 valence electrons. The second-order valence-corrected chi connectivity index (χ2v) is 3.90. The van der Waals surface area contributed by atoms with Crippen LogP contribution < -0.4 is 5.73 Å². The predicted molar refractivity (Wildman–Crippen MR) is 65.0 cm³/mol. The summed E-state index contributed by atoms with van der Waals surface area (Å²) >= 11 is 5.89. The SMILES string of the molecule is COCCOCc1nc2cc(Cl)c(N)cc2o1. The number of nitrogens with two attached hydrogens (primary N) is 1. The smallest absolute Gasteiger partial charge is 0.221 e. The van der Waals surface area contributed by atoms with Crippen LogP contribution >= 0.6 is 11.6 Å². The van der Waals surface area contributed by atoms with E-state index in [0.717, 1.165) is 0 Å². The summed E-state index contributed by atoms with van der Waals surface area (Å²) in [5.41, 5.74) is 7.43. The van der Waals surface area contributed by atoms with Gasteiger partial charge >= 0.3 is 0 Å². The van der Waals surface area contributed by atoms with Crippen molar-refractivity contribution in [3.63, 3.8) is 0 Å². The minimum absolute atomic E-state index is 0.301. The first-order chi connectivity index (χ1) is 8.20. The zero-order valence-electron chi connectivity index (χ0n) is 9.40. The van der Waals surface area contributed by atoms with Gasteiger partial charge in [0.15, 0.2) is 5.58 Å². The lowest BCUT2D eigenvalue weighted by molar-refractivity contribution is 0.0524. The standard InChI is InChI=1S/C11H13ClN2O3/c1-15-2-3-16-6-11-14-9-4-7(12)8(13)5-10(9)17-11/h4-5H,2-3,6,13H2,1H3. The second-order valence-electron chi connectivity index (χ2n) is 3.49. The molecule has 1 aromatic heterocycles. The Balaban J connectivity index is 2.09. The molecule has 2 aromatic rings. The Morgan fingerprint density at radius 3 is 3.00 bits per heavy atom. The third-order valence-corrected chi connectivity index (χ3v) is 2.54. The van der Waals surface area contributed by atoms with Gasteiger partial charge in [0, 0.05) is 13.2 Å². The molecule has 0 fully saturated rings. The highest BCUT2D eigenvalue weighted by atomic mass is 35.5. The molecule has 0 aliphatic heterocycles. The first-order valence-electron chi connectivity index (χ1n) is 5.12. The van der Waals surface area contributed by atoms with Gasteiger partial charge < -0.3 is 19.6 Å². The van der Waals surface area contributed by atoms with E-state index in [2.05, 4.69) is 4.98 Å². The van der Waals surface area contributed by atoms with Gasteiger partial charge in [0.2, 0.25) is 5.89 Å². The van der Waals surface area contributed by atoms with Crippen molar-refractivity contribution < 1.29 is 13.9 Å². The van der Waals surface area contributed by atoms with Crippen molar-refractivity contribution in [2.45, 2.75) is 6.61 Å². The number of benzene rings is 1. The average Bonchev–Trinajstić information content (AvgIpc) is 2.67. The highest BCUT2D eigenvalue weighted by Crippen LogP contribution is 2.26. The summed E-state index contributed by atoms with van der Waals surface area (Å²) in [5.74, 6) is 0.498. The molecule has 0 bridgehead atoms. The molecule has 1 aromatic carbocycles. The predicted octanol–water partition coefficient (Wildman–Crippen LogP) is 2.23. The van der Waals surface area contributed by atoms with Crippen LogP contribution in [0, 0.1) is 0 Å². The lowest BCUT2D eigenvalue weighted by atomic mass is 10.3. The van der Waals surface area contributed by atoms with Crippen LogP contribution in [0.5, 0.6) is 0 Å². The Kier molecular flexibility index (Phi) is 3.83. The molecule has 0 saturated carbocycles. The average molecular weight is 257 g/mol. The zero-order chi connectivity index (χ0) is 12.3. The highest BCUT2D eigenvalue weighted by Gasteiger charge is 2.08. The maximum atomic E-state index is 5.89. The topological polar surface area (TPSA) is 70.5 Å². The Hall–Kier alpha value is -1.30. The van der Waals surface area contributed by atoms with Crippen LogP contribution in [0.25, 0.3) is 11.1 Å². The summed E-state index contributed by atoms with van der Waals surface area (Å²) in [4.78, 5) is 4.24. The van der Waals surface area contributed by atoms with Crippen molar-refractivity contribution in [3.8, 4) is 0 Å². The van der Waals surface area contributed by atoms with Gasteiger partial charge in [-0.15, -0.1) is 0 Å². The van der Waals surface area contributed by atoms with Crippen molar-refractivity contribution in [2.24, 2.45) is 0 Å². The van der Waals surface area contributed by atoms with E-state index in [1.54, 1.807) is 19.2 Å². The molecule has 0 aliphatic rings. The zero-order valence-corrected chi connectivity index (χ0v) is 10.2. The molecule has 0 unspecified atom stereocenters. The molecule has 0 saturated heterocycles. The summed E-state index contributed by atoms with van der Waals surface area (Å²) in [6.07, 6.45) is 0. The van der Waals surface area contributed by atoms with Crippen LogP contribution in [-0.4, -0.2) is 25.3 Å². The maximum absolute atomic E-state index is 5.89. The van der Waals surface area contributed by atoms with Gasteiger partial charge in [0.05, 0.1) is 23.9 Å². The third-order valence-electron chi connectivity index (χ3n) is 2.21. The fourth-order valence-electron chi connectivity index (χ4n) is 1.38. The van der Waals surface area contributed by atoms with Crippen LogP contribution in [-0.2, 0) is 16.1 Å². The van der Waals surface area contributed by atoms with Gasteiger partial charge in [-0.25, -0.2) is 4.98 Å². The molecule has 6 heteroatoms. The lowest BCUT2D eigenvalue weighted by Gasteiger charge is -1.98. The van der Waals surface area contributed by atoms with E-state index in [4.69, 9.17) is 31.2 Å². The number of nitrogen functional groups attached to an aromatic ring is 1. The fourth-order valence-corrected chi connectivity index (χ4v) is 1.53. The molecule has 2 rings (SSSR count). The molecule has 17 heavy (non-hydrogen) atoms. The molecule has 0 atom stereocenters. The second kappa shape index (κ2) is 5.35. The first kappa shape index (κ1) is 12.2. The number of hydrogen-bond acceptors (Lipinski definition) is 5. The molecule has 2 N–H and O–H groups in total. The Labute approximate surface area is 103 Å². The fraction of sp³-hybridized carbons (Fsp3) is 0.364. The molecule has 0 amide bonds. The number of halogens is 1. The number of hydrogen-bond donors (Lipinski definition) is 1. The number of fused-ring (bicyclic) bond motifs is 1. The van der Waals surface area contributed by atoms with Gasteiger partial charge in [-0.05, 0) is 6.07 Å². The van der Waals surface area contributed by atoms with Crippen LogP contribution in [0.15, 0.2) is 16.5 Å². The normalized spacial score (nSPS) is 11.2. The summed E-state index contributed by atoms with van der Waals surface area (Å²) in [5, 5.41) is 0.470. The number of ether oxygens (including phenoxy) is 2. The van der Waals surface area contributed by atoms with E-state index in [1.807, 2.05) is 0 Å². The Bertz CT molecular complexity index is 474. The first-order valence-corrected chi connectivity index (χ1v) is 5.49. The lowest BCUT2D eigenvalue weighted by Crippen LogP contribution is -2.01. The third kappa shape index (κ3) is 2.88. The van der Waals surface area contributed by atoms with Gasteiger partial charge in [0.1, 0.15) is 12.1 Å². The molecule has 0 spiro atoms. The summed E-state index contributed by atoms with van der Waals surface area (Å²) in [6, 6.07) is 3.33. The maximum Gasteiger partial charge on any atom is 0.221 e. The summed E-state index contributed by atoms with van der Waals surface area (Å²) < 4.78 is 15.6. The van der Waals surface area contributed by atoms with Crippen molar-refractivity contribution in [2.75, 3.05) is 26.1 Å². The molecule has 1 heterocycles. The van der Waals surface area contributed by atoms with E-state index >= 15 is 0 Å². The Morgan fingerprint density at radius 2 is 2.24 bits per heavy atom. The summed E-state index contributed by atoms with van der Waals surface area (Å²) in [7, 11) is 1.62. The van der Waals surface area contributed by atoms with Crippen molar-refractivity contribution in [1.82, 2.24) is 4.98 Å². The van der Waals surface area contributed by atoms with Crippen molar-refractivity contribution in [1.29, 1.82) is 0 Å². The van der Waals surface area contributed by atoms with Crippen LogP contribution in [0.4, 0.5) is 5.69 Å². The monoisotopic (exact) mass is 256 g/mol. The number of rotatable bonds is 5. The van der Waals surface area contributed by atoms with Gasteiger partial charge in [0.25, 0.3) is 0 Å². The number of anilines is 1. The van der Waals surface area contributed by atoms with Crippen LogP contribution in [0.1, 0.15) is 5.89 Å². The van der Waals surface area contributed by atoms with Gasteiger partial charge in [-0.1, -0.05) is 11.6 Å². The van der Waals surface area contributed by atoms with Crippen LogP contribution in [0.3, 0.4) is 0 Å². The largest absolute Gasteiger partial charge is 0.438 e. The van der Waals surface area contributed by atoms with E-state index in [1.165, 1.54) is 0 Å². The van der Waals surface area contributed by atoms with E-state index in [-0.39, 0.29) is 0 Å². The molecule has 5 nitrogen and oxygen atoms in total. The minimum Gasteiger partial charge on any atom is -0.438 e. The number of nitrogens with zero attached hydrogens (tertiary/aromatic N) is 1. The van der Waals surface area contributed by atoms with E-state index in [9.17, 15) is 0 Å². The van der Waals surface area contributed by atoms with Crippen molar-refractivity contribution >= 4 is 28.4 Å². The Morgan fingerprint density at radius 1 is 1.41 bits per heavy atom. The van der Waals surface area contributed by atoms with Gasteiger partial charge in [-0.2, -0.15) is 0 Å². The van der Waals surface area contributed by atoms with Crippen molar-refractivity contribution in [3.05, 3.63) is 23.0 Å². The molecular weight excluding hydrogens is 244 g/mol. The number of oxazole rings is 1. The van der Waals surface area contributed by atoms with E-state index < -0.39 is 0 Å². The molecule has 0 aliphatic carbocycles.